The highest BCUT2D eigenvalue weighted by Crippen LogP contribution is 2.21. The number of hydrogen-bond acceptors (Lipinski definition) is 3. The first-order valence-corrected chi connectivity index (χ1v) is 8.01. The topological polar surface area (TPSA) is 50.4 Å². The molecule has 2 N–H and O–H groups in total. The van der Waals surface area contributed by atoms with Gasteiger partial charge in [-0.05, 0) is 48.5 Å². The molecule has 0 aliphatic rings. The Kier molecular flexibility index (Phi) is 5.61. The molecule has 0 aliphatic heterocycles. The minimum Gasteiger partial charge on any atom is -0.484 e. The first-order chi connectivity index (χ1) is 13.0. The summed E-state index contributed by atoms with van der Waals surface area (Å²) in [5.74, 6) is -4.71. The molecule has 3 rings (SSSR count). The highest BCUT2D eigenvalue weighted by atomic mass is 19.2. The molecule has 0 aromatic heterocycles. The van der Waals surface area contributed by atoms with E-state index in [1.165, 1.54) is 0 Å². The minimum absolute atomic E-state index is 0.413. The highest BCUT2D eigenvalue weighted by molar-refractivity contribution is 5.92. The predicted octanol–water partition coefficient (Wildman–Crippen LogP) is 4.87. The number of hydrogen-bond donors (Lipinski definition) is 2. The van der Waals surface area contributed by atoms with Gasteiger partial charge in [-0.15, -0.1) is 0 Å². The Morgan fingerprint density at radius 2 is 1.48 bits per heavy atom. The van der Waals surface area contributed by atoms with Gasteiger partial charge in [0.05, 0.1) is 5.69 Å². The molecule has 0 spiro atoms. The van der Waals surface area contributed by atoms with E-state index in [4.69, 9.17) is 4.74 Å². The van der Waals surface area contributed by atoms with Crippen LogP contribution in [0.1, 0.15) is 0 Å². The first-order valence-electron chi connectivity index (χ1n) is 8.01. The van der Waals surface area contributed by atoms with Crippen LogP contribution in [0.3, 0.4) is 0 Å². The Hall–Kier alpha value is -3.48. The van der Waals surface area contributed by atoms with E-state index < -0.39 is 35.7 Å². The summed E-state index contributed by atoms with van der Waals surface area (Å²) in [5, 5.41) is 5.34. The van der Waals surface area contributed by atoms with Gasteiger partial charge in [-0.25, -0.2) is 13.2 Å². The van der Waals surface area contributed by atoms with Crippen molar-refractivity contribution in [1.29, 1.82) is 0 Å². The zero-order chi connectivity index (χ0) is 19.2. The van der Waals surface area contributed by atoms with Crippen LogP contribution in [0.2, 0.25) is 0 Å². The molecule has 0 saturated heterocycles. The van der Waals surface area contributed by atoms with Crippen molar-refractivity contribution >= 4 is 23.0 Å². The molecule has 0 saturated carbocycles. The zero-order valence-corrected chi connectivity index (χ0v) is 14.0. The Balaban J connectivity index is 1.54. The van der Waals surface area contributed by atoms with E-state index >= 15 is 0 Å². The summed E-state index contributed by atoms with van der Waals surface area (Å²) in [6.07, 6.45) is 0. The third-order valence-corrected chi connectivity index (χ3v) is 3.60. The van der Waals surface area contributed by atoms with Gasteiger partial charge < -0.3 is 15.4 Å². The van der Waals surface area contributed by atoms with E-state index in [2.05, 4.69) is 10.6 Å². The van der Waals surface area contributed by atoms with Gasteiger partial charge in [0.25, 0.3) is 5.91 Å². The predicted molar refractivity (Wildman–Crippen MR) is 96.6 cm³/mol. The van der Waals surface area contributed by atoms with E-state index in [-0.39, 0.29) is 0 Å². The minimum atomic E-state index is -1.64. The van der Waals surface area contributed by atoms with Crippen molar-refractivity contribution in [1.82, 2.24) is 0 Å². The van der Waals surface area contributed by atoms with Gasteiger partial charge in [0.1, 0.15) is 5.75 Å². The molecule has 0 fully saturated rings. The largest absolute Gasteiger partial charge is 0.484 e. The van der Waals surface area contributed by atoms with Gasteiger partial charge in [0.2, 0.25) is 0 Å². The summed E-state index contributed by atoms with van der Waals surface area (Å²) < 4.78 is 44.9. The summed E-state index contributed by atoms with van der Waals surface area (Å²) in [5.41, 5.74) is 1.31. The molecule has 1 amide bonds. The summed E-state index contributed by atoms with van der Waals surface area (Å²) in [4.78, 5) is 11.8. The van der Waals surface area contributed by atoms with Gasteiger partial charge in [0, 0.05) is 11.4 Å². The fourth-order valence-electron chi connectivity index (χ4n) is 2.28. The third-order valence-electron chi connectivity index (χ3n) is 3.60. The molecular weight excluding hydrogens is 357 g/mol. The summed E-state index contributed by atoms with van der Waals surface area (Å²) in [6, 6.07) is 18.1. The number of carbonyl (C=O) groups excluding carboxylic acids is 1. The number of ether oxygens (including phenoxy) is 1. The van der Waals surface area contributed by atoms with Crippen molar-refractivity contribution in [2.24, 2.45) is 0 Å². The van der Waals surface area contributed by atoms with Gasteiger partial charge in [-0.3, -0.25) is 4.79 Å². The van der Waals surface area contributed by atoms with Gasteiger partial charge >= 0.3 is 0 Å². The van der Waals surface area contributed by atoms with E-state index in [1.807, 2.05) is 30.3 Å². The van der Waals surface area contributed by atoms with Crippen LogP contribution in [0.25, 0.3) is 0 Å². The number of rotatable bonds is 6. The van der Waals surface area contributed by atoms with Crippen molar-refractivity contribution in [3.05, 3.63) is 84.2 Å². The molecule has 4 nitrogen and oxygen atoms in total. The Bertz CT molecular complexity index is 932. The normalized spacial score (nSPS) is 10.3. The quantitative estimate of drug-likeness (QED) is 0.607. The number of benzene rings is 3. The van der Waals surface area contributed by atoms with Crippen molar-refractivity contribution < 1.29 is 22.7 Å². The molecule has 0 unspecified atom stereocenters. The van der Waals surface area contributed by atoms with Crippen LogP contribution in [0.15, 0.2) is 66.7 Å². The van der Waals surface area contributed by atoms with Gasteiger partial charge in [0.15, 0.2) is 24.1 Å². The molecule has 0 aliphatic carbocycles. The summed E-state index contributed by atoms with van der Waals surface area (Å²) >= 11 is 0. The molecule has 138 valence electrons. The number of anilines is 3. The second kappa shape index (κ2) is 8.27. The van der Waals surface area contributed by atoms with Crippen LogP contribution in [-0.2, 0) is 4.79 Å². The lowest BCUT2D eigenvalue weighted by Crippen LogP contribution is -2.21. The summed E-state index contributed by atoms with van der Waals surface area (Å²) in [7, 11) is 0. The summed E-state index contributed by atoms with van der Waals surface area (Å²) in [6.45, 7) is -0.413. The van der Waals surface area contributed by atoms with Crippen molar-refractivity contribution in [2.75, 3.05) is 17.2 Å². The van der Waals surface area contributed by atoms with Crippen LogP contribution < -0.4 is 15.4 Å². The van der Waals surface area contributed by atoms with E-state index in [1.54, 1.807) is 24.3 Å². The smallest absolute Gasteiger partial charge is 0.262 e. The van der Waals surface area contributed by atoms with Crippen LogP contribution in [-0.4, -0.2) is 12.5 Å². The van der Waals surface area contributed by atoms with Crippen LogP contribution in [0.5, 0.6) is 5.75 Å². The molecule has 0 radical (unpaired) electrons. The maximum absolute atomic E-state index is 13.5. The zero-order valence-electron chi connectivity index (χ0n) is 14.0. The number of carbonyl (C=O) groups is 1. The number of para-hydroxylation sites is 1. The third kappa shape index (κ3) is 4.78. The van der Waals surface area contributed by atoms with Crippen LogP contribution in [0.4, 0.5) is 30.2 Å². The fourth-order valence-corrected chi connectivity index (χ4v) is 2.28. The lowest BCUT2D eigenvalue weighted by Gasteiger charge is -2.10. The molecule has 0 bridgehead atoms. The average Bonchev–Trinajstić information content (AvgIpc) is 2.69. The maximum atomic E-state index is 13.5. The maximum Gasteiger partial charge on any atom is 0.262 e. The van der Waals surface area contributed by atoms with E-state index in [0.29, 0.717) is 5.75 Å². The van der Waals surface area contributed by atoms with E-state index in [0.717, 1.165) is 23.5 Å². The fraction of sp³-hybridized carbons (Fsp3) is 0.0500. The number of nitrogens with one attached hydrogen (secondary N) is 2. The molecule has 27 heavy (non-hydrogen) atoms. The van der Waals surface area contributed by atoms with Crippen molar-refractivity contribution in [3.8, 4) is 5.75 Å². The number of halogens is 3. The molecule has 0 heterocycles. The SMILES string of the molecule is O=C(COc1ccc(Nc2ccccc2)cc1)Nc1ccc(F)c(F)c1F. The number of amides is 1. The monoisotopic (exact) mass is 372 g/mol. The second-order valence-electron chi connectivity index (χ2n) is 5.58. The molecular formula is C20H15F3N2O2. The van der Waals surface area contributed by atoms with Crippen molar-refractivity contribution in [3.63, 3.8) is 0 Å². The van der Waals surface area contributed by atoms with E-state index in [9.17, 15) is 18.0 Å². The molecule has 3 aromatic rings. The molecule has 3 aromatic carbocycles. The molecule has 0 atom stereocenters. The van der Waals surface area contributed by atoms with Gasteiger partial charge in [-0.1, -0.05) is 18.2 Å². The molecule has 7 heteroatoms. The average molecular weight is 372 g/mol. The second-order valence-corrected chi connectivity index (χ2v) is 5.58. The van der Waals surface area contributed by atoms with Crippen LogP contribution in [0, 0.1) is 17.5 Å². The van der Waals surface area contributed by atoms with Crippen LogP contribution >= 0.6 is 0 Å². The first kappa shape index (κ1) is 18.3. The van der Waals surface area contributed by atoms with Crippen molar-refractivity contribution in [2.45, 2.75) is 0 Å². The lowest BCUT2D eigenvalue weighted by molar-refractivity contribution is -0.118. The Labute approximate surface area is 153 Å². The highest BCUT2D eigenvalue weighted by Gasteiger charge is 2.15. The Morgan fingerprint density at radius 3 is 2.19 bits per heavy atom. The van der Waals surface area contributed by atoms with Gasteiger partial charge in [-0.2, -0.15) is 0 Å². The standard InChI is InChI=1S/C20H15F3N2O2/c21-16-10-11-17(20(23)19(16)22)25-18(26)12-27-15-8-6-14(7-9-15)24-13-4-2-1-3-5-13/h1-11,24H,12H2,(H,25,26). The lowest BCUT2D eigenvalue weighted by atomic mass is 10.2. The Morgan fingerprint density at radius 1 is 0.815 bits per heavy atom.